The number of phenolic OH excluding ortho intramolecular Hbond substituents is 2. The monoisotopic (exact) mass is 207 g/mol. The summed E-state index contributed by atoms with van der Waals surface area (Å²) in [5, 5.41) is 27.0. The van der Waals surface area contributed by atoms with E-state index in [4.69, 9.17) is 15.5 Å². The Balaban J connectivity index is 3.23. The predicted octanol–water partition coefficient (Wildman–Crippen LogP) is 1.15. The molecule has 78 valence electrons. The van der Waals surface area contributed by atoms with Gasteiger partial charge in [-0.15, -0.1) is 0 Å². The van der Waals surface area contributed by atoms with Crippen molar-refractivity contribution in [2.75, 3.05) is 6.61 Å². The van der Waals surface area contributed by atoms with E-state index in [1.165, 1.54) is 0 Å². The van der Waals surface area contributed by atoms with E-state index in [2.05, 4.69) is 4.74 Å². The number of phenols is 2. The lowest BCUT2D eigenvalue weighted by Crippen LogP contribution is -2.06. The standard InChI is InChI=1S/C10H9NO4/c1-2-15-10(14)7-4-9(13)8(12)3-6(7)5-11/h3-4,12-13H,2H2,1H3. The van der Waals surface area contributed by atoms with E-state index in [0.717, 1.165) is 12.1 Å². The molecule has 0 spiro atoms. The smallest absolute Gasteiger partial charge is 0.339 e. The van der Waals surface area contributed by atoms with Crippen molar-refractivity contribution in [2.24, 2.45) is 0 Å². The molecule has 0 unspecified atom stereocenters. The van der Waals surface area contributed by atoms with Crippen LogP contribution in [0.2, 0.25) is 0 Å². The Morgan fingerprint density at radius 2 is 2.07 bits per heavy atom. The van der Waals surface area contributed by atoms with Crippen LogP contribution in [-0.2, 0) is 4.74 Å². The average molecular weight is 207 g/mol. The van der Waals surface area contributed by atoms with Crippen LogP contribution in [0.15, 0.2) is 12.1 Å². The molecule has 1 rings (SSSR count). The summed E-state index contributed by atoms with van der Waals surface area (Å²) in [7, 11) is 0. The summed E-state index contributed by atoms with van der Waals surface area (Å²) in [6.45, 7) is 1.80. The molecule has 0 fully saturated rings. The Hall–Kier alpha value is -2.22. The van der Waals surface area contributed by atoms with Gasteiger partial charge in [0.05, 0.1) is 17.7 Å². The van der Waals surface area contributed by atoms with Gasteiger partial charge in [0.1, 0.15) is 6.07 Å². The Morgan fingerprint density at radius 3 is 2.60 bits per heavy atom. The number of nitrogens with zero attached hydrogens (tertiary/aromatic N) is 1. The molecule has 1 aromatic carbocycles. The van der Waals surface area contributed by atoms with Crippen molar-refractivity contribution in [2.45, 2.75) is 6.92 Å². The number of esters is 1. The second kappa shape index (κ2) is 4.33. The van der Waals surface area contributed by atoms with Crippen molar-refractivity contribution >= 4 is 5.97 Å². The number of hydrogen-bond donors (Lipinski definition) is 2. The molecule has 0 amide bonds. The summed E-state index contributed by atoms with van der Waals surface area (Å²) in [6.07, 6.45) is 0. The van der Waals surface area contributed by atoms with Crippen LogP contribution in [0.1, 0.15) is 22.8 Å². The first-order chi connectivity index (χ1) is 7.10. The second-order valence-electron chi connectivity index (χ2n) is 2.72. The van der Waals surface area contributed by atoms with Crippen LogP contribution >= 0.6 is 0 Å². The van der Waals surface area contributed by atoms with Crippen molar-refractivity contribution in [3.63, 3.8) is 0 Å². The van der Waals surface area contributed by atoms with Crippen LogP contribution < -0.4 is 0 Å². The van der Waals surface area contributed by atoms with Gasteiger partial charge in [-0.2, -0.15) is 5.26 Å². The topological polar surface area (TPSA) is 90.6 Å². The molecule has 1 aromatic rings. The number of ether oxygens (including phenoxy) is 1. The van der Waals surface area contributed by atoms with Gasteiger partial charge in [0, 0.05) is 6.07 Å². The Kier molecular flexibility index (Phi) is 3.13. The van der Waals surface area contributed by atoms with Gasteiger partial charge in [0.25, 0.3) is 0 Å². The van der Waals surface area contributed by atoms with Gasteiger partial charge in [-0.25, -0.2) is 4.79 Å². The zero-order chi connectivity index (χ0) is 11.4. The SMILES string of the molecule is CCOC(=O)c1cc(O)c(O)cc1C#N. The van der Waals surface area contributed by atoms with Crippen molar-refractivity contribution in [1.82, 2.24) is 0 Å². The molecule has 15 heavy (non-hydrogen) atoms. The molecule has 0 bridgehead atoms. The average Bonchev–Trinajstić information content (AvgIpc) is 2.21. The number of rotatable bonds is 2. The molecule has 0 radical (unpaired) electrons. The number of nitriles is 1. The van der Waals surface area contributed by atoms with Gasteiger partial charge < -0.3 is 14.9 Å². The Morgan fingerprint density at radius 1 is 1.47 bits per heavy atom. The highest BCUT2D eigenvalue weighted by Gasteiger charge is 2.15. The summed E-state index contributed by atoms with van der Waals surface area (Å²) < 4.78 is 4.68. The second-order valence-corrected chi connectivity index (χ2v) is 2.72. The first-order valence-corrected chi connectivity index (χ1v) is 4.23. The van der Waals surface area contributed by atoms with Crippen molar-refractivity contribution in [3.8, 4) is 17.6 Å². The Labute approximate surface area is 86.1 Å². The summed E-state index contributed by atoms with van der Waals surface area (Å²) in [5.74, 6) is -1.61. The number of hydrogen-bond acceptors (Lipinski definition) is 5. The third kappa shape index (κ3) is 2.17. The zero-order valence-corrected chi connectivity index (χ0v) is 8.02. The highest BCUT2D eigenvalue weighted by molar-refractivity contribution is 5.93. The van der Waals surface area contributed by atoms with Gasteiger partial charge in [0.2, 0.25) is 0 Å². The molecule has 0 heterocycles. The van der Waals surface area contributed by atoms with Crippen molar-refractivity contribution in [1.29, 1.82) is 5.26 Å². The fourth-order valence-corrected chi connectivity index (χ4v) is 1.05. The maximum atomic E-state index is 11.3. The maximum absolute atomic E-state index is 11.3. The van der Waals surface area contributed by atoms with Crippen LogP contribution in [0.25, 0.3) is 0 Å². The molecule has 0 saturated heterocycles. The first-order valence-electron chi connectivity index (χ1n) is 4.23. The molecular weight excluding hydrogens is 198 g/mol. The molecule has 0 aromatic heterocycles. The lowest BCUT2D eigenvalue weighted by Gasteiger charge is -2.05. The predicted molar refractivity (Wildman–Crippen MR) is 50.4 cm³/mol. The lowest BCUT2D eigenvalue weighted by molar-refractivity contribution is 0.0525. The minimum atomic E-state index is -0.704. The fraction of sp³-hybridized carbons (Fsp3) is 0.200. The Bertz CT molecular complexity index is 434. The highest BCUT2D eigenvalue weighted by atomic mass is 16.5. The number of aromatic hydroxyl groups is 2. The normalized spacial score (nSPS) is 9.33. The minimum absolute atomic E-state index is 0.0382. The highest BCUT2D eigenvalue weighted by Crippen LogP contribution is 2.28. The first kappa shape index (κ1) is 10.9. The van der Waals surface area contributed by atoms with Crippen molar-refractivity contribution in [3.05, 3.63) is 23.3 Å². The molecule has 0 aliphatic rings. The summed E-state index contributed by atoms with van der Waals surface area (Å²) in [6, 6.07) is 3.75. The van der Waals surface area contributed by atoms with Crippen LogP contribution in [0, 0.1) is 11.3 Å². The van der Waals surface area contributed by atoms with E-state index in [0.29, 0.717) is 0 Å². The lowest BCUT2D eigenvalue weighted by atomic mass is 10.1. The van der Waals surface area contributed by atoms with E-state index in [-0.39, 0.29) is 17.7 Å². The summed E-state index contributed by atoms with van der Waals surface area (Å²) >= 11 is 0. The van der Waals surface area contributed by atoms with E-state index in [1.807, 2.05) is 0 Å². The molecule has 0 aliphatic carbocycles. The molecule has 5 heteroatoms. The summed E-state index contributed by atoms with van der Waals surface area (Å²) in [5.41, 5.74) is -0.0987. The van der Waals surface area contributed by atoms with E-state index < -0.39 is 17.5 Å². The van der Waals surface area contributed by atoms with E-state index in [1.54, 1.807) is 13.0 Å². The number of benzene rings is 1. The quantitative estimate of drug-likeness (QED) is 0.560. The van der Waals surface area contributed by atoms with Crippen LogP contribution in [0.5, 0.6) is 11.5 Å². The summed E-state index contributed by atoms with van der Waals surface area (Å²) in [4.78, 5) is 11.3. The van der Waals surface area contributed by atoms with Gasteiger partial charge in [-0.3, -0.25) is 0 Å². The molecule has 0 saturated carbocycles. The van der Waals surface area contributed by atoms with Gasteiger partial charge >= 0.3 is 5.97 Å². The third-order valence-corrected chi connectivity index (χ3v) is 1.73. The largest absolute Gasteiger partial charge is 0.504 e. The molecule has 2 N–H and O–H groups in total. The van der Waals surface area contributed by atoms with Gasteiger partial charge in [-0.1, -0.05) is 0 Å². The number of carbonyl (C=O) groups is 1. The maximum Gasteiger partial charge on any atom is 0.339 e. The number of carbonyl (C=O) groups excluding carboxylic acids is 1. The van der Waals surface area contributed by atoms with Crippen LogP contribution in [0.3, 0.4) is 0 Å². The van der Waals surface area contributed by atoms with Crippen LogP contribution in [-0.4, -0.2) is 22.8 Å². The van der Waals surface area contributed by atoms with Gasteiger partial charge in [-0.05, 0) is 13.0 Å². The van der Waals surface area contributed by atoms with E-state index >= 15 is 0 Å². The molecule has 0 atom stereocenters. The molecule has 5 nitrogen and oxygen atoms in total. The van der Waals surface area contributed by atoms with E-state index in [9.17, 15) is 4.79 Å². The zero-order valence-electron chi connectivity index (χ0n) is 8.02. The fourth-order valence-electron chi connectivity index (χ4n) is 1.05. The van der Waals surface area contributed by atoms with Gasteiger partial charge in [0.15, 0.2) is 11.5 Å². The van der Waals surface area contributed by atoms with Crippen LogP contribution in [0.4, 0.5) is 0 Å². The minimum Gasteiger partial charge on any atom is -0.504 e. The molecule has 0 aliphatic heterocycles. The van der Waals surface area contributed by atoms with Crippen molar-refractivity contribution < 1.29 is 19.7 Å². The molecular formula is C10H9NO4. The third-order valence-electron chi connectivity index (χ3n) is 1.73.